The second kappa shape index (κ2) is 9.86. The molecule has 0 saturated heterocycles. The summed E-state index contributed by atoms with van der Waals surface area (Å²) in [6.45, 7) is 8.00. The molecule has 0 fully saturated rings. The maximum atomic E-state index is 11.8. The molecule has 2 rings (SSSR count). The van der Waals surface area contributed by atoms with E-state index in [4.69, 9.17) is 9.47 Å². The fourth-order valence-corrected chi connectivity index (χ4v) is 2.56. The van der Waals surface area contributed by atoms with Crippen LogP contribution >= 0.6 is 0 Å². The van der Waals surface area contributed by atoms with Crippen LogP contribution in [0.3, 0.4) is 0 Å². The van der Waals surface area contributed by atoms with E-state index in [0.717, 1.165) is 23.5 Å². The van der Waals surface area contributed by atoms with Gasteiger partial charge in [-0.05, 0) is 47.2 Å². The summed E-state index contributed by atoms with van der Waals surface area (Å²) in [5.74, 6) is 1.64. The highest BCUT2D eigenvalue weighted by Crippen LogP contribution is 2.24. The third-order valence-electron chi connectivity index (χ3n) is 4.23. The minimum Gasteiger partial charge on any atom is -0.497 e. The number of hydrogen-bond donors (Lipinski definition) is 2. The van der Waals surface area contributed by atoms with Crippen molar-refractivity contribution in [3.05, 3.63) is 59.7 Å². The van der Waals surface area contributed by atoms with Gasteiger partial charge in [-0.15, -0.1) is 0 Å². The highest BCUT2D eigenvalue weighted by atomic mass is 16.5. The Balaban J connectivity index is 1.60. The summed E-state index contributed by atoms with van der Waals surface area (Å²) in [5, 5.41) is 5.64. The van der Waals surface area contributed by atoms with E-state index in [1.807, 2.05) is 36.4 Å². The summed E-state index contributed by atoms with van der Waals surface area (Å²) in [6, 6.07) is 15.7. The lowest BCUT2D eigenvalue weighted by Crippen LogP contribution is -2.38. The number of methoxy groups -OCH3 is 1. The molecule has 0 atom stereocenters. The van der Waals surface area contributed by atoms with Gasteiger partial charge < -0.3 is 20.1 Å². The quantitative estimate of drug-likeness (QED) is 0.693. The molecular formula is C22H30N2O3. The monoisotopic (exact) mass is 370 g/mol. The SMILES string of the molecule is COc1ccc(CCNC(=O)NCCOc2ccc(C(C)(C)C)cc2)cc1. The van der Waals surface area contributed by atoms with Crippen molar-refractivity contribution < 1.29 is 14.3 Å². The first-order valence-corrected chi connectivity index (χ1v) is 9.26. The van der Waals surface area contributed by atoms with E-state index in [2.05, 4.69) is 43.5 Å². The predicted molar refractivity (Wildman–Crippen MR) is 109 cm³/mol. The van der Waals surface area contributed by atoms with Gasteiger partial charge in [-0.3, -0.25) is 0 Å². The van der Waals surface area contributed by atoms with Gasteiger partial charge in [0.05, 0.1) is 13.7 Å². The molecule has 146 valence electrons. The molecule has 0 aliphatic rings. The summed E-state index contributed by atoms with van der Waals surface area (Å²) >= 11 is 0. The van der Waals surface area contributed by atoms with Crippen LogP contribution in [0.5, 0.6) is 11.5 Å². The summed E-state index contributed by atoms with van der Waals surface area (Å²) < 4.78 is 10.8. The number of ether oxygens (including phenoxy) is 2. The van der Waals surface area contributed by atoms with Crippen LogP contribution in [0.1, 0.15) is 31.9 Å². The molecule has 0 aliphatic heterocycles. The van der Waals surface area contributed by atoms with Gasteiger partial charge in [-0.2, -0.15) is 0 Å². The Morgan fingerprint density at radius 3 is 2.07 bits per heavy atom. The molecule has 27 heavy (non-hydrogen) atoms. The van der Waals surface area contributed by atoms with Gasteiger partial charge in [0, 0.05) is 6.54 Å². The van der Waals surface area contributed by atoms with E-state index in [1.54, 1.807) is 7.11 Å². The van der Waals surface area contributed by atoms with Gasteiger partial charge in [-0.1, -0.05) is 45.0 Å². The van der Waals surface area contributed by atoms with Crippen LogP contribution in [0.4, 0.5) is 4.79 Å². The molecule has 5 nitrogen and oxygen atoms in total. The Kier molecular flexibility index (Phi) is 7.53. The van der Waals surface area contributed by atoms with Crippen molar-refractivity contribution in [1.82, 2.24) is 10.6 Å². The lowest BCUT2D eigenvalue weighted by molar-refractivity contribution is 0.236. The van der Waals surface area contributed by atoms with Crippen LogP contribution in [0.25, 0.3) is 0 Å². The van der Waals surface area contributed by atoms with E-state index in [-0.39, 0.29) is 11.4 Å². The van der Waals surface area contributed by atoms with Gasteiger partial charge in [0.1, 0.15) is 18.1 Å². The zero-order chi connectivity index (χ0) is 19.7. The van der Waals surface area contributed by atoms with Gasteiger partial charge >= 0.3 is 6.03 Å². The highest BCUT2D eigenvalue weighted by molar-refractivity contribution is 5.73. The fourth-order valence-electron chi connectivity index (χ4n) is 2.56. The second-order valence-electron chi connectivity index (χ2n) is 7.40. The standard InChI is InChI=1S/C22H30N2O3/c1-22(2,3)18-7-11-20(12-8-18)27-16-15-24-21(25)23-14-13-17-5-9-19(26-4)10-6-17/h5-12H,13-16H2,1-4H3,(H2,23,24,25). The number of amides is 2. The number of nitrogens with one attached hydrogen (secondary N) is 2. The Hall–Kier alpha value is -2.69. The largest absolute Gasteiger partial charge is 0.497 e. The molecule has 0 radical (unpaired) electrons. The number of carbonyl (C=O) groups is 1. The van der Waals surface area contributed by atoms with Crippen molar-refractivity contribution in [2.24, 2.45) is 0 Å². The Morgan fingerprint density at radius 1 is 0.889 bits per heavy atom. The molecule has 2 N–H and O–H groups in total. The lowest BCUT2D eigenvalue weighted by Gasteiger charge is -2.19. The van der Waals surface area contributed by atoms with Crippen molar-refractivity contribution in [3.63, 3.8) is 0 Å². The van der Waals surface area contributed by atoms with Crippen LogP contribution in [0.15, 0.2) is 48.5 Å². The first-order valence-electron chi connectivity index (χ1n) is 9.26. The molecular weight excluding hydrogens is 340 g/mol. The van der Waals surface area contributed by atoms with Gasteiger partial charge in [-0.25, -0.2) is 4.79 Å². The average molecular weight is 370 g/mol. The molecule has 0 aliphatic carbocycles. The fraction of sp³-hybridized carbons (Fsp3) is 0.409. The van der Waals surface area contributed by atoms with E-state index < -0.39 is 0 Å². The minimum absolute atomic E-state index is 0.129. The summed E-state index contributed by atoms with van der Waals surface area (Å²) in [6.07, 6.45) is 0.772. The van der Waals surface area contributed by atoms with Crippen molar-refractivity contribution >= 4 is 6.03 Å². The molecule has 2 aromatic rings. The molecule has 0 heterocycles. The van der Waals surface area contributed by atoms with Crippen LogP contribution in [-0.2, 0) is 11.8 Å². The van der Waals surface area contributed by atoms with Crippen molar-refractivity contribution in [3.8, 4) is 11.5 Å². The second-order valence-corrected chi connectivity index (χ2v) is 7.40. The Labute approximate surface area is 162 Å². The van der Waals surface area contributed by atoms with E-state index in [1.165, 1.54) is 5.56 Å². The topological polar surface area (TPSA) is 59.6 Å². The summed E-state index contributed by atoms with van der Waals surface area (Å²) in [4.78, 5) is 11.8. The predicted octanol–water partition coefficient (Wildman–Crippen LogP) is 3.91. The third-order valence-corrected chi connectivity index (χ3v) is 4.23. The van der Waals surface area contributed by atoms with Gasteiger partial charge in [0.2, 0.25) is 0 Å². The first kappa shape index (κ1) is 20.6. The number of urea groups is 1. The van der Waals surface area contributed by atoms with Crippen molar-refractivity contribution in [1.29, 1.82) is 0 Å². The normalized spacial score (nSPS) is 11.0. The minimum atomic E-state index is -0.185. The van der Waals surface area contributed by atoms with E-state index in [0.29, 0.717) is 19.7 Å². The smallest absolute Gasteiger partial charge is 0.314 e. The number of carbonyl (C=O) groups excluding carboxylic acids is 1. The Morgan fingerprint density at radius 2 is 1.48 bits per heavy atom. The average Bonchev–Trinajstić information content (AvgIpc) is 2.65. The van der Waals surface area contributed by atoms with Crippen molar-refractivity contribution in [2.45, 2.75) is 32.6 Å². The van der Waals surface area contributed by atoms with Gasteiger partial charge in [0.15, 0.2) is 0 Å². The van der Waals surface area contributed by atoms with Crippen LogP contribution in [0, 0.1) is 0 Å². The molecule has 0 bridgehead atoms. The molecule has 0 saturated carbocycles. The first-order chi connectivity index (χ1) is 12.9. The van der Waals surface area contributed by atoms with E-state index in [9.17, 15) is 4.79 Å². The van der Waals surface area contributed by atoms with Crippen molar-refractivity contribution in [2.75, 3.05) is 26.8 Å². The molecule has 2 amide bonds. The highest BCUT2D eigenvalue weighted by Gasteiger charge is 2.12. The van der Waals surface area contributed by atoms with Gasteiger partial charge in [0.25, 0.3) is 0 Å². The zero-order valence-electron chi connectivity index (χ0n) is 16.7. The van der Waals surface area contributed by atoms with Crippen LogP contribution in [-0.4, -0.2) is 32.8 Å². The molecule has 0 unspecified atom stereocenters. The molecule has 2 aromatic carbocycles. The zero-order valence-corrected chi connectivity index (χ0v) is 16.7. The van der Waals surface area contributed by atoms with Crippen LogP contribution in [0.2, 0.25) is 0 Å². The summed E-state index contributed by atoms with van der Waals surface area (Å²) in [7, 11) is 1.64. The maximum Gasteiger partial charge on any atom is 0.314 e. The maximum absolute atomic E-state index is 11.8. The Bertz CT molecular complexity index is 704. The number of rotatable bonds is 8. The lowest BCUT2D eigenvalue weighted by atomic mass is 9.87. The van der Waals surface area contributed by atoms with E-state index >= 15 is 0 Å². The summed E-state index contributed by atoms with van der Waals surface area (Å²) in [5.41, 5.74) is 2.55. The molecule has 5 heteroatoms. The van der Waals surface area contributed by atoms with Crippen LogP contribution < -0.4 is 20.1 Å². The number of benzene rings is 2. The third kappa shape index (κ3) is 7.21. The molecule has 0 aromatic heterocycles. The number of hydrogen-bond acceptors (Lipinski definition) is 3. The molecule has 0 spiro atoms.